The van der Waals surface area contributed by atoms with Gasteiger partial charge in [0.2, 0.25) is 5.91 Å². The van der Waals surface area contributed by atoms with E-state index in [9.17, 15) is 9.59 Å². The summed E-state index contributed by atoms with van der Waals surface area (Å²) >= 11 is 0. The van der Waals surface area contributed by atoms with Gasteiger partial charge in [-0.25, -0.2) is 0 Å². The summed E-state index contributed by atoms with van der Waals surface area (Å²) in [5.74, 6) is -0.553. The van der Waals surface area contributed by atoms with E-state index in [1.807, 2.05) is 40.8 Å². The van der Waals surface area contributed by atoms with Crippen LogP contribution in [0.5, 0.6) is 0 Å². The lowest BCUT2D eigenvalue weighted by Gasteiger charge is -2.08. The van der Waals surface area contributed by atoms with E-state index in [0.717, 1.165) is 28.3 Å². The van der Waals surface area contributed by atoms with Crippen LogP contribution in [0.3, 0.4) is 0 Å². The first-order valence-electron chi connectivity index (χ1n) is 7.85. The minimum absolute atomic E-state index is 0.0702. The summed E-state index contributed by atoms with van der Waals surface area (Å²) in [7, 11) is 1.88. The molecule has 2 aromatic rings. The summed E-state index contributed by atoms with van der Waals surface area (Å²) in [5.41, 5.74) is 9.66. The standard InChI is InChI=1S/C16H24N6O2/c1-10-8-11(2)22(19-10)9-16(24)18-17-15(23)7-6-14-12(3)20-21(5)13(14)4/h8H,6-7,9H2,1-5H3,(H,17,23)(H,18,24). The average molecular weight is 332 g/mol. The van der Waals surface area contributed by atoms with Crippen molar-refractivity contribution >= 4 is 11.8 Å². The van der Waals surface area contributed by atoms with Gasteiger partial charge in [-0.2, -0.15) is 10.2 Å². The molecule has 0 spiro atoms. The van der Waals surface area contributed by atoms with Crippen molar-refractivity contribution in [3.63, 3.8) is 0 Å². The molecule has 0 aliphatic carbocycles. The Labute approximate surface area is 141 Å². The Morgan fingerprint density at radius 1 is 1.08 bits per heavy atom. The zero-order valence-corrected chi connectivity index (χ0v) is 14.8. The van der Waals surface area contributed by atoms with Crippen molar-refractivity contribution in [2.75, 3.05) is 0 Å². The topological polar surface area (TPSA) is 93.8 Å². The molecule has 2 heterocycles. The maximum atomic E-state index is 11.9. The number of hydrogen-bond acceptors (Lipinski definition) is 4. The highest BCUT2D eigenvalue weighted by atomic mass is 16.2. The predicted octanol–water partition coefficient (Wildman–Crippen LogP) is 0.630. The van der Waals surface area contributed by atoms with Crippen LogP contribution in [0.2, 0.25) is 0 Å². The molecule has 8 heteroatoms. The summed E-state index contributed by atoms with van der Waals surface area (Å²) in [6.07, 6.45) is 0.873. The molecule has 130 valence electrons. The van der Waals surface area contributed by atoms with Crippen molar-refractivity contribution in [2.45, 2.75) is 47.1 Å². The Kier molecular flexibility index (Phi) is 5.38. The van der Waals surface area contributed by atoms with Crippen molar-refractivity contribution in [1.82, 2.24) is 30.4 Å². The molecule has 2 rings (SSSR count). The van der Waals surface area contributed by atoms with Crippen LogP contribution in [0.25, 0.3) is 0 Å². The van der Waals surface area contributed by atoms with E-state index in [0.29, 0.717) is 6.42 Å². The first-order valence-corrected chi connectivity index (χ1v) is 7.85. The number of nitrogens with one attached hydrogen (secondary N) is 2. The van der Waals surface area contributed by atoms with Crippen LogP contribution < -0.4 is 10.9 Å². The van der Waals surface area contributed by atoms with Gasteiger partial charge in [0.15, 0.2) is 0 Å². The van der Waals surface area contributed by atoms with Crippen LogP contribution in [0.15, 0.2) is 6.07 Å². The summed E-state index contributed by atoms with van der Waals surface area (Å²) in [6, 6.07) is 1.89. The minimum atomic E-state index is -0.316. The molecule has 0 saturated carbocycles. The molecule has 0 bridgehead atoms. The van der Waals surface area contributed by atoms with Crippen LogP contribution >= 0.6 is 0 Å². The zero-order valence-electron chi connectivity index (χ0n) is 14.8. The second kappa shape index (κ2) is 7.29. The van der Waals surface area contributed by atoms with Gasteiger partial charge in [-0.05, 0) is 45.7 Å². The summed E-state index contributed by atoms with van der Waals surface area (Å²) < 4.78 is 3.40. The molecule has 2 amide bonds. The maximum Gasteiger partial charge on any atom is 0.260 e. The van der Waals surface area contributed by atoms with Crippen LogP contribution in [-0.2, 0) is 29.6 Å². The van der Waals surface area contributed by atoms with E-state index in [2.05, 4.69) is 21.0 Å². The lowest BCUT2D eigenvalue weighted by molar-refractivity contribution is -0.129. The van der Waals surface area contributed by atoms with Crippen LogP contribution in [0, 0.1) is 27.7 Å². The largest absolute Gasteiger partial charge is 0.273 e. The Balaban J connectivity index is 1.78. The maximum absolute atomic E-state index is 11.9. The third-order valence-electron chi connectivity index (χ3n) is 4.00. The average Bonchev–Trinajstić information content (AvgIpc) is 2.94. The second-order valence-corrected chi connectivity index (χ2v) is 5.95. The first-order chi connectivity index (χ1) is 11.3. The molecule has 0 saturated heterocycles. The van der Waals surface area contributed by atoms with Crippen LogP contribution in [-0.4, -0.2) is 31.4 Å². The molecule has 0 fully saturated rings. The van der Waals surface area contributed by atoms with Gasteiger partial charge in [-0.1, -0.05) is 0 Å². The van der Waals surface area contributed by atoms with Gasteiger partial charge in [-0.15, -0.1) is 0 Å². The number of amides is 2. The number of carbonyl (C=O) groups excluding carboxylic acids is 2. The number of aryl methyl sites for hydroxylation is 4. The van der Waals surface area contributed by atoms with E-state index in [4.69, 9.17) is 0 Å². The van der Waals surface area contributed by atoms with Crippen molar-refractivity contribution in [2.24, 2.45) is 7.05 Å². The fourth-order valence-corrected chi connectivity index (χ4v) is 2.63. The van der Waals surface area contributed by atoms with Gasteiger partial charge in [0.25, 0.3) is 5.91 Å². The summed E-state index contributed by atoms with van der Waals surface area (Å²) in [5, 5.41) is 8.53. The van der Waals surface area contributed by atoms with Crippen molar-refractivity contribution in [3.05, 3.63) is 34.4 Å². The van der Waals surface area contributed by atoms with Gasteiger partial charge >= 0.3 is 0 Å². The fraction of sp³-hybridized carbons (Fsp3) is 0.500. The minimum Gasteiger partial charge on any atom is -0.273 e. The molecular formula is C16H24N6O2. The molecule has 0 aliphatic rings. The van der Waals surface area contributed by atoms with E-state index in [1.165, 1.54) is 0 Å². The third-order valence-corrected chi connectivity index (χ3v) is 4.00. The monoisotopic (exact) mass is 332 g/mol. The fourth-order valence-electron chi connectivity index (χ4n) is 2.63. The predicted molar refractivity (Wildman–Crippen MR) is 89.0 cm³/mol. The molecule has 2 N–H and O–H groups in total. The molecule has 0 aliphatic heterocycles. The molecular weight excluding hydrogens is 308 g/mol. The quantitative estimate of drug-likeness (QED) is 0.785. The van der Waals surface area contributed by atoms with E-state index in [1.54, 1.807) is 9.36 Å². The number of nitrogens with zero attached hydrogens (tertiary/aromatic N) is 4. The van der Waals surface area contributed by atoms with Gasteiger partial charge in [0.1, 0.15) is 6.54 Å². The van der Waals surface area contributed by atoms with Gasteiger partial charge in [-0.3, -0.25) is 29.8 Å². The van der Waals surface area contributed by atoms with Crippen LogP contribution in [0.4, 0.5) is 0 Å². The van der Waals surface area contributed by atoms with E-state index >= 15 is 0 Å². The number of aromatic nitrogens is 4. The SMILES string of the molecule is Cc1cc(C)n(CC(=O)NNC(=O)CCc2c(C)nn(C)c2C)n1. The number of hydrogen-bond donors (Lipinski definition) is 2. The highest BCUT2D eigenvalue weighted by molar-refractivity contribution is 5.81. The van der Waals surface area contributed by atoms with Gasteiger partial charge in [0, 0.05) is 24.9 Å². The van der Waals surface area contributed by atoms with Crippen molar-refractivity contribution in [3.8, 4) is 0 Å². The number of carbonyl (C=O) groups is 2. The van der Waals surface area contributed by atoms with Crippen molar-refractivity contribution < 1.29 is 9.59 Å². The zero-order chi connectivity index (χ0) is 17.9. The van der Waals surface area contributed by atoms with Crippen molar-refractivity contribution in [1.29, 1.82) is 0 Å². The molecule has 0 unspecified atom stereocenters. The van der Waals surface area contributed by atoms with E-state index < -0.39 is 0 Å². The Bertz CT molecular complexity index is 759. The van der Waals surface area contributed by atoms with E-state index in [-0.39, 0.29) is 24.8 Å². The Morgan fingerprint density at radius 2 is 1.75 bits per heavy atom. The first kappa shape index (κ1) is 17.7. The molecule has 0 atom stereocenters. The highest BCUT2D eigenvalue weighted by Gasteiger charge is 2.12. The molecule has 0 radical (unpaired) electrons. The highest BCUT2D eigenvalue weighted by Crippen LogP contribution is 2.13. The normalized spacial score (nSPS) is 10.7. The second-order valence-electron chi connectivity index (χ2n) is 5.95. The Hall–Kier alpha value is -2.64. The smallest absolute Gasteiger partial charge is 0.260 e. The third kappa shape index (κ3) is 4.21. The van der Waals surface area contributed by atoms with Gasteiger partial charge < -0.3 is 0 Å². The lowest BCUT2D eigenvalue weighted by atomic mass is 10.1. The van der Waals surface area contributed by atoms with Crippen LogP contribution in [0.1, 0.15) is 34.8 Å². The lowest BCUT2D eigenvalue weighted by Crippen LogP contribution is -2.43. The molecule has 0 aromatic carbocycles. The van der Waals surface area contributed by atoms with Gasteiger partial charge in [0.05, 0.1) is 11.4 Å². The number of hydrazine groups is 1. The summed E-state index contributed by atoms with van der Waals surface area (Å²) in [6.45, 7) is 7.72. The molecule has 2 aromatic heterocycles. The molecule has 24 heavy (non-hydrogen) atoms. The molecule has 8 nitrogen and oxygen atoms in total. The Morgan fingerprint density at radius 3 is 2.29 bits per heavy atom. The number of rotatable bonds is 5. The summed E-state index contributed by atoms with van der Waals surface area (Å²) in [4.78, 5) is 23.8.